The predicted octanol–water partition coefficient (Wildman–Crippen LogP) is 1.77. The van der Waals surface area contributed by atoms with E-state index in [1.165, 1.54) is 17.4 Å². The number of nitrogens with zero attached hydrogens (tertiary/aromatic N) is 2. The molecule has 1 aromatic rings. The van der Waals surface area contributed by atoms with Gasteiger partial charge in [0.15, 0.2) is 6.79 Å². The summed E-state index contributed by atoms with van der Waals surface area (Å²) in [5, 5.41) is 15.4. The summed E-state index contributed by atoms with van der Waals surface area (Å²) in [5.41, 5.74) is -0.0694. The van der Waals surface area contributed by atoms with Crippen molar-refractivity contribution < 1.29 is 19.4 Å². The van der Waals surface area contributed by atoms with E-state index in [1.807, 2.05) is 0 Å². The van der Waals surface area contributed by atoms with E-state index >= 15 is 0 Å². The van der Waals surface area contributed by atoms with Crippen molar-refractivity contribution in [3.05, 3.63) is 39.9 Å². The van der Waals surface area contributed by atoms with E-state index in [0.29, 0.717) is 6.79 Å². The van der Waals surface area contributed by atoms with Crippen molar-refractivity contribution in [1.29, 1.82) is 0 Å². The van der Waals surface area contributed by atoms with E-state index in [1.54, 1.807) is 12.1 Å². The number of hydrogen-bond donors (Lipinski definition) is 1. The second-order valence-electron chi connectivity index (χ2n) is 5.41. The van der Waals surface area contributed by atoms with Crippen LogP contribution < -0.4 is 5.32 Å². The van der Waals surface area contributed by atoms with Crippen LogP contribution in [0, 0.1) is 10.1 Å². The third-order valence-corrected chi connectivity index (χ3v) is 4.04. The monoisotopic (exact) mass is 307 g/mol. The molecule has 1 aliphatic heterocycles. The summed E-state index contributed by atoms with van der Waals surface area (Å²) in [7, 11) is 0. The molecule has 1 amide bonds. The summed E-state index contributed by atoms with van der Waals surface area (Å²) in [6.07, 6.45) is 3.28. The molecule has 1 aromatic carbocycles. The summed E-state index contributed by atoms with van der Waals surface area (Å²) in [5.74, 6) is -0.396. The van der Waals surface area contributed by atoms with Crippen LogP contribution >= 0.6 is 0 Å². The zero-order valence-electron chi connectivity index (χ0n) is 11.9. The van der Waals surface area contributed by atoms with Gasteiger partial charge in [-0.25, -0.2) is 9.68 Å². The van der Waals surface area contributed by atoms with Crippen LogP contribution in [0.2, 0.25) is 0 Å². The second kappa shape index (κ2) is 6.39. The largest absolute Gasteiger partial charge is 0.349 e. The van der Waals surface area contributed by atoms with Gasteiger partial charge in [0.05, 0.1) is 11.0 Å². The Morgan fingerprint density at radius 2 is 1.91 bits per heavy atom. The van der Waals surface area contributed by atoms with E-state index in [2.05, 4.69) is 5.32 Å². The normalized spacial score (nSPS) is 25.3. The van der Waals surface area contributed by atoms with Gasteiger partial charge in [0.2, 0.25) is 0 Å². The van der Waals surface area contributed by atoms with Crippen LogP contribution in [0.1, 0.15) is 36.0 Å². The highest BCUT2D eigenvalue weighted by Gasteiger charge is 2.32. The average molecular weight is 307 g/mol. The molecule has 3 rings (SSSR count). The molecule has 1 aliphatic carbocycles. The molecular weight excluding hydrogens is 290 g/mol. The van der Waals surface area contributed by atoms with Crippen LogP contribution in [0.4, 0.5) is 5.69 Å². The minimum absolute atomic E-state index is 0.0184. The molecule has 118 valence electrons. The second-order valence-corrected chi connectivity index (χ2v) is 5.41. The Balaban J connectivity index is 1.57. The number of carbonyl (C=O) groups excluding carboxylic acids is 1. The quantitative estimate of drug-likeness (QED) is 0.673. The van der Waals surface area contributed by atoms with Gasteiger partial charge in [-0.05, 0) is 31.7 Å². The first-order valence-corrected chi connectivity index (χ1v) is 7.24. The fourth-order valence-electron chi connectivity index (χ4n) is 2.84. The molecule has 0 radical (unpaired) electrons. The lowest BCUT2D eigenvalue weighted by Gasteiger charge is -2.39. The number of nitro benzene ring substituents is 1. The Morgan fingerprint density at radius 1 is 1.23 bits per heavy atom. The number of nitro groups is 1. The molecule has 22 heavy (non-hydrogen) atoms. The molecule has 1 heterocycles. The van der Waals surface area contributed by atoms with Crippen molar-refractivity contribution in [2.24, 2.45) is 0 Å². The van der Waals surface area contributed by atoms with E-state index in [4.69, 9.17) is 9.68 Å². The molecule has 1 N–H and O–H groups in total. The van der Waals surface area contributed by atoms with E-state index in [-0.39, 0.29) is 23.3 Å². The molecule has 2 aliphatic rings. The van der Waals surface area contributed by atoms with Crippen molar-refractivity contribution >= 4 is 11.6 Å². The summed E-state index contributed by atoms with van der Waals surface area (Å²) in [4.78, 5) is 33.0. The maximum atomic E-state index is 12.2. The Kier molecular flexibility index (Phi) is 4.32. The first-order valence-electron chi connectivity index (χ1n) is 7.24. The number of rotatable bonds is 4. The highest BCUT2D eigenvalue weighted by atomic mass is 17.1. The minimum Gasteiger partial charge on any atom is -0.349 e. The van der Waals surface area contributed by atoms with E-state index < -0.39 is 10.8 Å². The molecule has 1 saturated carbocycles. The van der Waals surface area contributed by atoms with Gasteiger partial charge in [0.25, 0.3) is 11.6 Å². The van der Waals surface area contributed by atoms with Gasteiger partial charge in [-0.15, -0.1) is 0 Å². The molecule has 8 nitrogen and oxygen atoms in total. The fourth-order valence-corrected chi connectivity index (χ4v) is 2.84. The molecule has 0 atom stereocenters. The summed E-state index contributed by atoms with van der Waals surface area (Å²) < 4.78 is 0. The highest BCUT2D eigenvalue weighted by Crippen LogP contribution is 2.27. The molecule has 0 bridgehead atoms. The van der Waals surface area contributed by atoms with Gasteiger partial charge in [0.1, 0.15) is 5.56 Å². The smallest absolute Gasteiger partial charge is 0.282 e. The van der Waals surface area contributed by atoms with Gasteiger partial charge >= 0.3 is 0 Å². The SMILES string of the molecule is O=C(NC1CCC(N2OCO2)CC1)c1ccccc1[N+](=O)[O-]. The molecule has 1 saturated heterocycles. The van der Waals surface area contributed by atoms with Crippen molar-refractivity contribution in [2.75, 3.05) is 6.79 Å². The summed E-state index contributed by atoms with van der Waals surface area (Å²) in [6, 6.07) is 6.22. The first kappa shape index (κ1) is 14.9. The number of hydroxylamine groups is 2. The van der Waals surface area contributed by atoms with Gasteiger partial charge < -0.3 is 5.32 Å². The van der Waals surface area contributed by atoms with Gasteiger partial charge in [0, 0.05) is 12.1 Å². The predicted molar refractivity (Wildman–Crippen MR) is 75.5 cm³/mol. The average Bonchev–Trinajstić information content (AvgIpc) is 2.47. The van der Waals surface area contributed by atoms with E-state index in [0.717, 1.165) is 25.7 Å². The molecular formula is C14H17N3O5. The maximum Gasteiger partial charge on any atom is 0.282 e. The van der Waals surface area contributed by atoms with Crippen molar-refractivity contribution in [3.8, 4) is 0 Å². The number of nitrogens with one attached hydrogen (secondary N) is 1. The number of hydrogen-bond acceptors (Lipinski definition) is 6. The Morgan fingerprint density at radius 3 is 2.50 bits per heavy atom. The van der Waals surface area contributed by atoms with Gasteiger partial charge in [-0.2, -0.15) is 0 Å². The van der Waals surface area contributed by atoms with Crippen molar-refractivity contribution in [3.63, 3.8) is 0 Å². The third kappa shape index (κ3) is 3.08. The lowest BCUT2D eigenvalue weighted by atomic mass is 9.91. The molecule has 0 aromatic heterocycles. The number of para-hydroxylation sites is 1. The minimum atomic E-state index is -0.537. The first-order chi connectivity index (χ1) is 10.6. The van der Waals surface area contributed by atoms with Crippen LogP contribution in [0.15, 0.2) is 24.3 Å². The lowest BCUT2D eigenvalue weighted by molar-refractivity contribution is -0.535. The van der Waals surface area contributed by atoms with Crippen molar-refractivity contribution in [2.45, 2.75) is 37.8 Å². The number of carbonyl (C=O) groups is 1. The fraction of sp³-hybridized carbons (Fsp3) is 0.500. The van der Waals surface area contributed by atoms with Gasteiger partial charge in [-0.3, -0.25) is 14.9 Å². The molecule has 8 heteroatoms. The summed E-state index contributed by atoms with van der Waals surface area (Å²) in [6.45, 7) is 0.300. The third-order valence-electron chi connectivity index (χ3n) is 4.04. The van der Waals surface area contributed by atoms with Crippen LogP contribution in [-0.2, 0) is 9.68 Å². The highest BCUT2D eigenvalue weighted by molar-refractivity contribution is 5.98. The lowest BCUT2D eigenvalue weighted by Crippen LogP contribution is -2.48. The standard InChI is InChI=1S/C14H17N3O5/c18-14(12-3-1-2-4-13(12)16(19)20)15-10-5-7-11(8-6-10)17-21-9-22-17/h1-4,10-11H,5-9H2,(H,15,18). The Labute approximate surface area is 127 Å². The summed E-state index contributed by atoms with van der Waals surface area (Å²) >= 11 is 0. The number of amides is 1. The molecule has 0 unspecified atom stereocenters. The Bertz CT molecular complexity index is 567. The van der Waals surface area contributed by atoms with Crippen LogP contribution in [0.5, 0.6) is 0 Å². The Hall–Kier alpha value is -2.03. The van der Waals surface area contributed by atoms with Crippen LogP contribution in [-0.4, -0.2) is 34.9 Å². The topological polar surface area (TPSA) is 93.9 Å². The molecule has 2 fully saturated rings. The number of benzene rings is 1. The van der Waals surface area contributed by atoms with Crippen LogP contribution in [0.3, 0.4) is 0 Å². The zero-order chi connectivity index (χ0) is 15.5. The van der Waals surface area contributed by atoms with E-state index in [9.17, 15) is 14.9 Å². The van der Waals surface area contributed by atoms with Gasteiger partial charge in [-0.1, -0.05) is 17.4 Å². The van der Waals surface area contributed by atoms with Crippen molar-refractivity contribution in [1.82, 2.24) is 10.5 Å². The molecule has 0 spiro atoms. The zero-order valence-corrected chi connectivity index (χ0v) is 11.9. The maximum absolute atomic E-state index is 12.2. The van der Waals surface area contributed by atoms with Crippen LogP contribution in [0.25, 0.3) is 0 Å².